The Labute approximate surface area is 104 Å². The van der Waals surface area contributed by atoms with Crippen molar-refractivity contribution < 1.29 is 9.18 Å². The highest BCUT2D eigenvalue weighted by atomic mass is 35.5. The van der Waals surface area contributed by atoms with Crippen molar-refractivity contribution in [1.29, 1.82) is 0 Å². The molecule has 1 aliphatic heterocycles. The van der Waals surface area contributed by atoms with Gasteiger partial charge in [-0.1, -0.05) is 18.5 Å². The van der Waals surface area contributed by atoms with Gasteiger partial charge in [0.15, 0.2) is 0 Å². The van der Waals surface area contributed by atoms with Crippen LogP contribution in [0.15, 0.2) is 18.2 Å². The first-order valence-electron chi connectivity index (χ1n) is 5.54. The lowest BCUT2D eigenvalue weighted by atomic mass is 9.97. The van der Waals surface area contributed by atoms with E-state index in [1.54, 1.807) is 6.07 Å². The SMILES string of the molecule is C[C@@H]1CNC[C@H]1C(=O)Nc1ccc(Cl)c(F)c1. The number of carbonyl (C=O) groups is 1. The first-order chi connectivity index (χ1) is 8.08. The fraction of sp³-hybridized carbons (Fsp3) is 0.417. The summed E-state index contributed by atoms with van der Waals surface area (Å²) >= 11 is 5.57. The summed E-state index contributed by atoms with van der Waals surface area (Å²) in [6.07, 6.45) is 0. The zero-order valence-electron chi connectivity index (χ0n) is 9.47. The summed E-state index contributed by atoms with van der Waals surface area (Å²) in [6.45, 7) is 3.53. The smallest absolute Gasteiger partial charge is 0.229 e. The molecule has 1 heterocycles. The van der Waals surface area contributed by atoms with E-state index in [0.29, 0.717) is 18.2 Å². The third kappa shape index (κ3) is 2.76. The van der Waals surface area contributed by atoms with Gasteiger partial charge in [0.2, 0.25) is 5.91 Å². The summed E-state index contributed by atoms with van der Waals surface area (Å²) < 4.78 is 13.2. The maximum Gasteiger partial charge on any atom is 0.229 e. The van der Waals surface area contributed by atoms with Crippen LogP contribution in [0.1, 0.15) is 6.92 Å². The Kier molecular flexibility index (Phi) is 3.64. The molecule has 0 spiro atoms. The Morgan fingerprint density at radius 1 is 1.53 bits per heavy atom. The highest BCUT2D eigenvalue weighted by molar-refractivity contribution is 6.30. The topological polar surface area (TPSA) is 41.1 Å². The molecule has 0 saturated carbocycles. The van der Waals surface area contributed by atoms with Gasteiger partial charge in [0, 0.05) is 12.2 Å². The molecule has 0 aromatic heterocycles. The van der Waals surface area contributed by atoms with Crippen molar-refractivity contribution >= 4 is 23.2 Å². The Morgan fingerprint density at radius 3 is 2.88 bits per heavy atom. The number of nitrogens with one attached hydrogen (secondary N) is 2. The van der Waals surface area contributed by atoms with Gasteiger partial charge in [-0.25, -0.2) is 4.39 Å². The third-order valence-electron chi connectivity index (χ3n) is 3.04. The quantitative estimate of drug-likeness (QED) is 0.852. The van der Waals surface area contributed by atoms with Crippen molar-refractivity contribution in [3.8, 4) is 0 Å². The number of halogens is 2. The van der Waals surface area contributed by atoms with E-state index in [2.05, 4.69) is 10.6 Å². The molecule has 0 radical (unpaired) electrons. The predicted octanol–water partition coefficient (Wildman–Crippen LogP) is 2.27. The van der Waals surface area contributed by atoms with Gasteiger partial charge in [0.1, 0.15) is 5.82 Å². The molecule has 2 rings (SSSR count). The second-order valence-electron chi connectivity index (χ2n) is 4.36. The van der Waals surface area contributed by atoms with Crippen LogP contribution in [-0.4, -0.2) is 19.0 Å². The molecule has 5 heteroatoms. The fourth-order valence-corrected chi connectivity index (χ4v) is 2.09. The van der Waals surface area contributed by atoms with Crippen molar-refractivity contribution in [2.75, 3.05) is 18.4 Å². The summed E-state index contributed by atoms with van der Waals surface area (Å²) in [7, 11) is 0. The van der Waals surface area contributed by atoms with Gasteiger partial charge < -0.3 is 10.6 Å². The Bertz CT molecular complexity index is 439. The molecular weight excluding hydrogens is 243 g/mol. The molecule has 1 aromatic rings. The van der Waals surface area contributed by atoms with Crippen molar-refractivity contribution in [3.63, 3.8) is 0 Å². The molecule has 0 aliphatic carbocycles. The van der Waals surface area contributed by atoms with Crippen LogP contribution >= 0.6 is 11.6 Å². The first-order valence-corrected chi connectivity index (χ1v) is 5.92. The lowest BCUT2D eigenvalue weighted by Crippen LogP contribution is -2.27. The molecule has 1 aliphatic rings. The first kappa shape index (κ1) is 12.3. The molecule has 2 atom stereocenters. The second kappa shape index (κ2) is 5.02. The number of carbonyl (C=O) groups excluding carboxylic acids is 1. The van der Waals surface area contributed by atoms with Crippen molar-refractivity contribution in [1.82, 2.24) is 5.32 Å². The van der Waals surface area contributed by atoms with Gasteiger partial charge in [-0.05, 0) is 30.7 Å². The molecular formula is C12H14ClFN2O. The van der Waals surface area contributed by atoms with Gasteiger partial charge >= 0.3 is 0 Å². The van der Waals surface area contributed by atoms with Crippen LogP contribution in [0.5, 0.6) is 0 Å². The summed E-state index contributed by atoms with van der Waals surface area (Å²) in [5.41, 5.74) is 0.441. The largest absolute Gasteiger partial charge is 0.326 e. The van der Waals surface area contributed by atoms with Crippen LogP contribution in [0.3, 0.4) is 0 Å². The zero-order chi connectivity index (χ0) is 12.4. The number of amides is 1. The summed E-state index contributed by atoms with van der Waals surface area (Å²) in [6, 6.07) is 4.26. The molecule has 92 valence electrons. The Balaban J connectivity index is 2.05. The van der Waals surface area contributed by atoms with E-state index in [9.17, 15) is 9.18 Å². The number of hydrogen-bond donors (Lipinski definition) is 2. The van der Waals surface area contributed by atoms with Gasteiger partial charge in [-0.2, -0.15) is 0 Å². The molecule has 17 heavy (non-hydrogen) atoms. The molecule has 1 aromatic carbocycles. The standard InChI is InChI=1S/C12H14ClFN2O/c1-7-5-15-6-9(7)12(17)16-8-2-3-10(13)11(14)4-8/h2-4,7,9,15H,5-6H2,1H3,(H,16,17)/t7-,9-/m1/s1. The predicted molar refractivity (Wildman–Crippen MR) is 65.6 cm³/mol. The zero-order valence-corrected chi connectivity index (χ0v) is 10.2. The van der Waals surface area contributed by atoms with Gasteiger partial charge in [0.05, 0.1) is 10.9 Å². The van der Waals surface area contributed by atoms with Crippen LogP contribution < -0.4 is 10.6 Å². The van der Waals surface area contributed by atoms with Crippen molar-refractivity contribution in [2.45, 2.75) is 6.92 Å². The average molecular weight is 257 g/mol. The molecule has 0 unspecified atom stereocenters. The normalized spacial score (nSPS) is 23.7. The van der Waals surface area contributed by atoms with Crippen LogP contribution in [0.2, 0.25) is 5.02 Å². The molecule has 1 amide bonds. The summed E-state index contributed by atoms with van der Waals surface area (Å²) in [5.74, 6) is -0.368. The van der Waals surface area contributed by atoms with E-state index in [-0.39, 0.29) is 16.8 Å². The Morgan fingerprint density at radius 2 is 2.29 bits per heavy atom. The number of benzene rings is 1. The van der Waals surface area contributed by atoms with E-state index in [1.807, 2.05) is 6.92 Å². The molecule has 1 fully saturated rings. The number of anilines is 1. The highest BCUT2D eigenvalue weighted by Gasteiger charge is 2.29. The third-order valence-corrected chi connectivity index (χ3v) is 3.35. The van der Waals surface area contributed by atoms with E-state index in [0.717, 1.165) is 6.54 Å². The maximum absolute atomic E-state index is 13.2. The molecule has 0 bridgehead atoms. The van der Waals surface area contributed by atoms with E-state index < -0.39 is 5.82 Å². The van der Waals surface area contributed by atoms with Crippen LogP contribution in [0.25, 0.3) is 0 Å². The van der Waals surface area contributed by atoms with Crippen LogP contribution in [0, 0.1) is 17.7 Å². The van der Waals surface area contributed by atoms with E-state index in [4.69, 9.17) is 11.6 Å². The second-order valence-corrected chi connectivity index (χ2v) is 4.77. The Hall–Kier alpha value is -1.13. The van der Waals surface area contributed by atoms with Gasteiger partial charge in [-0.3, -0.25) is 4.79 Å². The molecule has 1 saturated heterocycles. The van der Waals surface area contributed by atoms with Crippen LogP contribution in [-0.2, 0) is 4.79 Å². The summed E-state index contributed by atoms with van der Waals surface area (Å²) in [4.78, 5) is 11.9. The summed E-state index contributed by atoms with van der Waals surface area (Å²) in [5, 5.41) is 5.91. The monoisotopic (exact) mass is 256 g/mol. The van der Waals surface area contributed by atoms with Gasteiger partial charge in [0.25, 0.3) is 0 Å². The average Bonchev–Trinajstić information content (AvgIpc) is 2.70. The lowest BCUT2D eigenvalue weighted by molar-refractivity contribution is -0.120. The van der Waals surface area contributed by atoms with E-state index in [1.165, 1.54) is 12.1 Å². The highest BCUT2D eigenvalue weighted by Crippen LogP contribution is 2.21. The van der Waals surface area contributed by atoms with Crippen molar-refractivity contribution in [3.05, 3.63) is 29.0 Å². The minimum absolute atomic E-state index is 0.0545. The lowest BCUT2D eigenvalue weighted by Gasteiger charge is -2.14. The molecule has 2 N–H and O–H groups in total. The maximum atomic E-state index is 13.2. The van der Waals surface area contributed by atoms with Crippen molar-refractivity contribution in [2.24, 2.45) is 11.8 Å². The molecule has 3 nitrogen and oxygen atoms in total. The minimum atomic E-state index is -0.526. The number of hydrogen-bond acceptors (Lipinski definition) is 2. The fourth-order valence-electron chi connectivity index (χ4n) is 1.97. The minimum Gasteiger partial charge on any atom is -0.326 e. The van der Waals surface area contributed by atoms with E-state index >= 15 is 0 Å². The van der Waals surface area contributed by atoms with Gasteiger partial charge in [-0.15, -0.1) is 0 Å². The number of rotatable bonds is 2. The van der Waals surface area contributed by atoms with Crippen LogP contribution in [0.4, 0.5) is 10.1 Å².